The monoisotopic (exact) mass is 263 g/mol. The summed E-state index contributed by atoms with van der Waals surface area (Å²) < 4.78 is 25.2. The molecule has 1 unspecified atom stereocenters. The summed E-state index contributed by atoms with van der Waals surface area (Å²) in [5, 5.41) is 17.3. The van der Waals surface area contributed by atoms with E-state index in [2.05, 4.69) is 0 Å². The smallest absolute Gasteiger partial charge is 0.207 e. The molecular weight excluding hydrogens is 250 g/mol. The molecule has 0 aliphatic heterocycles. The summed E-state index contributed by atoms with van der Waals surface area (Å²) in [4.78, 5) is 0.119. The van der Waals surface area contributed by atoms with Crippen molar-refractivity contribution in [1.82, 2.24) is 4.31 Å². The molecule has 18 heavy (non-hydrogen) atoms. The zero-order valence-corrected chi connectivity index (χ0v) is 11.0. The van der Waals surface area contributed by atoms with E-state index in [1.165, 1.54) is 26.1 Å². The third kappa shape index (κ3) is 2.86. The molecule has 0 aliphatic carbocycles. The van der Waals surface area contributed by atoms with E-state index < -0.39 is 16.1 Å². The van der Waals surface area contributed by atoms with E-state index in [0.717, 1.165) is 9.87 Å². The first-order chi connectivity index (χ1) is 8.43. The highest BCUT2D eigenvalue weighted by Crippen LogP contribution is 2.17. The maximum absolute atomic E-state index is 12.1. The molecule has 0 saturated carbocycles. The molecule has 0 amide bonds. The van der Waals surface area contributed by atoms with Gasteiger partial charge in [-0.2, -0.15) is 14.8 Å². The molecule has 1 aromatic carbocycles. The highest BCUT2D eigenvalue weighted by Gasteiger charge is 2.24. The Hall–Kier alpha value is -1.89. The lowest BCUT2D eigenvalue weighted by molar-refractivity contribution is 0.442. The number of hydrogen-bond donors (Lipinski definition) is 0. The number of sulfonamides is 1. The van der Waals surface area contributed by atoms with Crippen LogP contribution in [0.1, 0.15) is 12.5 Å². The van der Waals surface area contributed by atoms with Crippen LogP contribution in [0.2, 0.25) is 0 Å². The normalized spacial score (nSPS) is 12.7. The second-order valence-electron chi connectivity index (χ2n) is 3.81. The van der Waals surface area contributed by atoms with Crippen LogP contribution in [0.3, 0.4) is 0 Å². The lowest BCUT2D eigenvalue weighted by atomic mass is 10.2. The summed E-state index contributed by atoms with van der Waals surface area (Å²) in [6.45, 7) is 1.52. The van der Waals surface area contributed by atoms with Crippen molar-refractivity contribution in [2.24, 2.45) is 0 Å². The van der Waals surface area contributed by atoms with E-state index in [4.69, 9.17) is 10.5 Å². The van der Waals surface area contributed by atoms with Crippen LogP contribution in [-0.2, 0) is 16.4 Å². The fraction of sp³-hybridized carbons (Fsp3) is 0.333. The molecule has 6 heteroatoms. The Morgan fingerprint density at radius 2 is 1.83 bits per heavy atom. The van der Waals surface area contributed by atoms with Crippen molar-refractivity contribution in [2.75, 3.05) is 7.05 Å². The Balaban J connectivity index is 3.07. The first kappa shape index (κ1) is 14.2. The lowest BCUT2D eigenvalue weighted by Crippen LogP contribution is -2.34. The minimum Gasteiger partial charge on any atom is -0.207 e. The third-order valence-corrected chi connectivity index (χ3v) is 4.56. The van der Waals surface area contributed by atoms with Crippen molar-refractivity contribution in [3.05, 3.63) is 29.8 Å². The maximum Gasteiger partial charge on any atom is 0.243 e. The van der Waals surface area contributed by atoms with Gasteiger partial charge in [0.15, 0.2) is 0 Å². The largest absolute Gasteiger partial charge is 0.243 e. The Kier molecular flexibility index (Phi) is 4.43. The first-order valence-corrected chi connectivity index (χ1v) is 6.71. The molecule has 1 rings (SSSR count). The van der Waals surface area contributed by atoms with Crippen LogP contribution in [-0.4, -0.2) is 25.8 Å². The SMILES string of the molecule is CC(C#N)N(C)S(=O)(=O)c1ccc(CC#N)cc1. The summed E-state index contributed by atoms with van der Waals surface area (Å²) in [6, 6.07) is 9.23. The van der Waals surface area contributed by atoms with Gasteiger partial charge in [0, 0.05) is 7.05 Å². The fourth-order valence-electron chi connectivity index (χ4n) is 1.33. The van der Waals surface area contributed by atoms with Crippen molar-refractivity contribution >= 4 is 10.0 Å². The standard InChI is InChI=1S/C12H13N3O2S/c1-10(9-14)15(2)18(16,17)12-5-3-11(4-6-12)7-8-13/h3-6,10H,7H2,1-2H3. The number of hydrogen-bond acceptors (Lipinski definition) is 4. The highest BCUT2D eigenvalue weighted by atomic mass is 32.2. The van der Waals surface area contributed by atoms with E-state index in [9.17, 15) is 8.42 Å². The minimum absolute atomic E-state index is 0.119. The number of benzene rings is 1. The average molecular weight is 263 g/mol. The van der Waals surface area contributed by atoms with Gasteiger partial charge < -0.3 is 0 Å². The first-order valence-electron chi connectivity index (χ1n) is 5.27. The van der Waals surface area contributed by atoms with Crippen molar-refractivity contribution < 1.29 is 8.42 Å². The quantitative estimate of drug-likeness (QED) is 0.819. The maximum atomic E-state index is 12.1. The van der Waals surface area contributed by atoms with Gasteiger partial charge in [0.05, 0.1) is 23.5 Å². The fourth-order valence-corrected chi connectivity index (χ4v) is 2.60. The second kappa shape index (κ2) is 5.63. The Bertz CT molecular complexity index is 594. The zero-order valence-electron chi connectivity index (χ0n) is 10.2. The molecule has 0 heterocycles. The van der Waals surface area contributed by atoms with Crippen LogP contribution < -0.4 is 0 Å². The number of nitriles is 2. The number of rotatable bonds is 4. The molecule has 0 saturated heterocycles. The van der Waals surface area contributed by atoms with Gasteiger partial charge in [0.1, 0.15) is 6.04 Å². The van der Waals surface area contributed by atoms with Crippen molar-refractivity contribution in [1.29, 1.82) is 10.5 Å². The summed E-state index contributed by atoms with van der Waals surface area (Å²) >= 11 is 0. The van der Waals surface area contributed by atoms with E-state index in [-0.39, 0.29) is 11.3 Å². The topological polar surface area (TPSA) is 85.0 Å². The van der Waals surface area contributed by atoms with Gasteiger partial charge in [-0.25, -0.2) is 8.42 Å². The summed E-state index contributed by atoms with van der Waals surface area (Å²) in [5.41, 5.74) is 0.757. The molecule has 0 spiro atoms. The molecule has 0 aliphatic rings. The van der Waals surface area contributed by atoms with Crippen LogP contribution in [0.25, 0.3) is 0 Å². The van der Waals surface area contributed by atoms with Crippen LogP contribution in [0.5, 0.6) is 0 Å². The van der Waals surface area contributed by atoms with Gasteiger partial charge >= 0.3 is 0 Å². The molecule has 1 atom stereocenters. The lowest BCUT2D eigenvalue weighted by Gasteiger charge is -2.19. The Labute approximate surface area is 107 Å². The van der Waals surface area contributed by atoms with Crippen molar-refractivity contribution in [3.8, 4) is 12.1 Å². The molecule has 5 nitrogen and oxygen atoms in total. The van der Waals surface area contributed by atoms with Crippen molar-refractivity contribution in [2.45, 2.75) is 24.3 Å². The second-order valence-corrected chi connectivity index (χ2v) is 5.80. The molecule has 0 bridgehead atoms. The minimum atomic E-state index is -3.65. The predicted octanol–water partition coefficient (Wildman–Crippen LogP) is 1.29. The van der Waals surface area contributed by atoms with Crippen LogP contribution in [0.4, 0.5) is 0 Å². The van der Waals surface area contributed by atoms with Gasteiger partial charge in [0.2, 0.25) is 10.0 Å². The van der Waals surface area contributed by atoms with E-state index >= 15 is 0 Å². The van der Waals surface area contributed by atoms with Crippen LogP contribution >= 0.6 is 0 Å². The average Bonchev–Trinajstić information content (AvgIpc) is 2.38. The zero-order chi connectivity index (χ0) is 13.8. The summed E-state index contributed by atoms with van der Waals surface area (Å²) in [6.07, 6.45) is 0.241. The molecule has 1 aromatic rings. The molecular formula is C12H13N3O2S. The van der Waals surface area contributed by atoms with Gasteiger partial charge in [-0.3, -0.25) is 0 Å². The summed E-state index contributed by atoms with van der Waals surface area (Å²) in [5.74, 6) is 0. The van der Waals surface area contributed by atoms with E-state index in [1.807, 2.05) is 12.1 Å². The third-order valence-electron chi connectivity index (χ3n) is 2.62. The Morgan fingerprint density at radius 1 is 1.28 bits per heavy atom. The Morgan fingerprint density at radius 3 is 2.28 bits per heavy atom. The molecule has 0 aromatic heterocycles. The van der Waals surface area contributed by atoms with Crippen LogP contribution in [0, 0.1) is 22.7 Å². The van der Waals surface area contributed by atoms with Gasteiger partial charge in [-0.1, -0.05) is 12.1 Å². The number of nitrogens with zero attached hydrogens (tertiary/aromatic N) is 3. The van der Waals surface area contributed by atoms with Gasteiger partial charge in [0.25, 0.3) is 0 Å². The molecule has 0 fully saturated rings. The van der Waals surface area contributed by atoms with Gasteiger partial charge in [-0.05, 0) is 24.6 Å². The predicted molar refractivity (Wildman–Crippen MR) is 65.8 cm³/mol. The van der Waals surface area contributed by atoms with E-state index in [0.29, 0.717) is 0 Å². The summed E-state index contributed by atoms with van der Waals surface area (Å²) in [7, 11) is -2.29. The van der Waals surface area contributed by atoms with Crippen molar-refractivity contribution in [3.63, 3.8) is 0 Å². The molecule has 94 valence electrons. The van der Waals surface area contributed by atoms with Crippen LogP contribution in [0.15, 0.2) is 29.2 Å². The van der Waals surface area contributed by atoms with Gasteiger partial charge in [-0.15, -0.1) is 0 Å². The van der Waals surface area contributed by atoms with E-state index in [1.54, 1.807) is 12.1 Å². The molecule has 0 radical (unpaired) electrons. The molecule has 0 N–H and O–H groups in total. The highest BCUT2D eigenvalue weighted by molar-refractivity contribution is 7.89.